The number of fused-ring (bicyclic) bond motifs is 3. The number of nitrogens with one attached hydrogen (secondary N) is 1. The first-order valence-electron chi connectivity index (χ1n) is 12.6. The highest BCUT2D eigenvalue weighted by atomic mass is 14.9. The lowest BCUT2D eigenvalue weighted by molar-refractivity contribution is 0.660. The zero-order valence-electron chi connectivity index (χ0n) is 20.9. The first kappa shape index (κ1) is 22.9. The van der Waals surface area contributed by atoms with Gasteiger partial charge >= 0.3 is 0 Å². The second-order valence-electron chi connectivity index (χ2n) is 9.76. The first-order chi connectivity index (χ1) is 17.1. The second kappa shape index (κ2) is 9.80. The zero-order valence-corrected chi connectivity index (χ0v) is 20.9. The predicted octanol–water partition coefficient (Wildman–Crippen LogP) is 9.47. The van der Waals surface area contributed by atoms with Crippen molar-refractivity contribution in [3.05, 3.63) is 132 Å². The van der Waals surface area contributed by atoms with Crippen molar-refractivity contribution in [2.75, 3.05) is 5.32 Å². The monoisotopic (exact) mass is 455 g/mol. The molecule has 1 N–H and O–H groups in total. The fraction of sp³-hybridized carbons (Fsp3) is 0.176. The van der Waals surface area contributed by atoms with Gasteiger partial charge in [0.2, 0.25) is 0 Å². The molecule has 0 aromatic heterocycles. The number of allylic oxidation sites excluding steroid dienone is 4. The topological polar surface area (TPSA) is 12.0 Å². The van der Waals surface area contributed by atoms with Crippen molar-refractivity contribution in [2.24, 2.45) is 0 Å². The average molecular weight is 456 g/mol. The van der Waals surface area contributed by atoms with Gasteiger partial charge in [-0.3, -0.25) is 0 Å². The van der Waals surface area contributed by atoms with Crippen molar-refractivity contribution >= 4 is 11.4 Å². The Bertz CT molecular complexity index is 1390. The number of benzene rings is 4. The van der Waals surface area contributed by atoms with E-state index in [2.05, 4.69) is 141 Å². The Labute approximate surface area is 209 Å². The second-order valence-corrected chi connectivity index (χ2v) is 9.76. The van der Waals surface area contributed by atoms with Gasteiger partial charge < -0.3 is 5.32 Å². The highest BCUT2D eigenvalue weighted by Gasteiger charge is 2.35. The summed E-state index contributed by atoms with van der Waals surface area (Å²) in [6, 6.07) is 33.0. The van der Waals surface area contributed by atoms with Crippen LogP contribution in [0.4, 0.5) is 11.4 Å². The lowest BCUT2D eigenvalue weighted by Gasteiger charge is -2.22. The molecule has 0 fully saturated rings. The van der Waals surface area contributed by atoms with Crippen LogP contribution >= 0.6 is 0 Å². The lowest BCUT2D eigenvalue weighted by Crippen LogP contribution is -2.15. The van der Waals surface area contributed by atoms with Gasteiger partial charge in [-0.15, -0.1) is 0 Å². The van der Waals surface area contributed by atoms with E-state index in [1.807, 2.05) is 0 Å². The van der Waals surface area contributed by atoms with Gasteiger partial charge in [-0.05, 0) is 76.1 Å². The van der Waals surface area contributed by atoms with Gasteiger partial charge in [0.1, 0.15) is 0 Å². The Morgan fingerprint density at radius 1 is 0.686 bits per heavy atom. The number of rotatable bonds is 7. The van der Waals surface area contributed by atoms with Gasteiger partial charge in [0, 0.05) is 16.8 Å². The smallest absolute Gasteiger partial charge is 0.0420 e. The molecule has 0 bridgehead atoms. The van der Waals surface area contributed by atoms with E-state index in [1.165, 1.54) is 38.9 Å². The van der Waals surface area contributed by atoms with Gasteiger partial charge in [0.25, 0.3) is 0 Å². The summed E-state index contributed by atoms with van der Waals surface area (Å²) in [5.41, 5.74) is 11.6. The molecule has 174 valence electrons. The summed E-state index contributed by atoms with van der Waals surface area (Å²) in [4.78, 5) is 0. The molecule has 1 aliphatic rings. The van der Waals surface area contributed by atoms with Crippen LogP contribution < -0.4 is 5.32 Å². The quantitative estimate of drug-likeness (QED) is 0.274. The molecule has 5 rings (SSSR count). The first-order valence-corrected chi connectivity index (χ1v) is 12.6. The zero-order chi connectivity index (χ0) is 24.3. The molecule has 4 aromatic rings. The fourth-order valence-corrected chi connectivity index (χ4v) is 5.12. The molecule has 0 radical (unpaired) electrons. The third kappa shape index (κ3) is 4.59. The minimum Gasteiger partial charge on any atom is -0.355 e. The van der Waals surface area contributed by atoms with Gasteiger partial charge in [-0.25, -0.2) is 0 Å². The number of hydrogen-bond donors (Lipinski definition) is 1. The van der Waals surface area contributed by atoms with E-state index in [4.69, 9.17) is 0 Å². The standard InChI is InChI=1S/C34H33N/c1-4-5-6-7-9-16-27-23-26(25-14-10-8-11-15-25)19-22-33(27)35-28-20-21-30-29-17-12-13-18-31(29)34(2,3)32(30)24-28/h5-15,17-24,35H,4,16H2,1-3H3/b6-5-,9-7-. The molecule has 0 unspecified atom stereocenters. The molecule has 0 saturated carbocycles. The maximum atomic E-state index is 3.75. The Hall–Kier alpha value is -3.84. The van der Waals surface area contributed by atoms with Crippen LogP contribution in [0.2, 0.25) is 0 Å². The largest absolute Gasteiger partial charge is 0.355 e. The van der Waals surface area contributed by atoms with Crippen LogP contribution in [-0.2, 0) is 11.8 Å². The highest BCUT2D eigenvalue weighted by molar-refractivity contribution is 5.83. The third-order valence-electron chi connectivity index (χ3n) is 7.03. The summed E-state index contributed by atoms with van der Waals surface area (Å²) < 4.78 is 0. The van der Waals surface area contributed by atoms with Crippen LogP contribution in [0, 0.1) is 0 Å². The van der Waals surface area contributed by atoms with Crippen molar-refractivity contribution in [1.29, 1.82) is 0 Å². The van der Waals surface area contributed by atoms with Crippen LogP contribution in [0.5, 0.6) is 0 Å². The van der Waals surface area contributed by atoms with Gasteiger partial charge in [0.15, 0.2) is 0 Å². The summed E-state index contributed by atoms with van der Waals surface area (Å²) in [7, 11) is 0. The Balaban J connectivity index is 1.48. The van der Waals surface area contributed by atoms with Gasteiger partial charge in [-0.2, -0.15) is 0 Å². The fourth-order valence-electron chi connectivity index (χ4n) is 5.12. The molecule has 1 aliphatic carbocycles. The summed E-state index contributed by atoms with van der Waals surface area (Å²) in [5.74, 6) is 0. The summed E-state index contributed by atoms with van der Waals surface area (Å²) in [6.07, 6.45) is 10.6. The van der Waals surface area contributed by atoms with Crippen LogP contribution in [0.3, 0.4) is 0 Å². The molecule has 0 spiro atoms. The Morgan fingerprint density at radius 2 is 1.43 bits per heavy atom. The molecule has 1 nitrogen and oxygen atoms in total. The minimum atomic E-state index is -0.00202. The maximum absolute atomic E-state index is 3.75. The third-order valence-corrected chi connectivity index (χ3v) is 7.03. The molecule has 0 aliphatic heterocycles. The van der Waals surface area contributed by atoms with Gasteiger partial charge in [-0.1, -0.05) is 112 Å². The predicted molar refractivity (Wildman–Crippen MR) is 151 cm³/mol. The molecule has 0 atom stereocenters. The molecule has 0 heterocycles. The van der Waals surface area contributed by atoms with Crippen LogP contribution in [0.1, 0.15) is 43.9 Å². The number of anilines is 2. The Kier molecular flexibility index (Phi) is 6.42. The minimum absolute atomic E-state index is 0.00202. The van der Waals surface area contributed by atoms with Crippen LogP contribution in [-0.4, -0.2) is 0 Å². The summed E-state index contributed by atoms with van der Waals surface area (Å²) in [6.45, 7) is 6.82. The van der Waals surface area contributed by atoms with Crippen molar-refractivity contribution in [3.8, 4) is 22.3 Å². The van der Waals surface area contributed by atoms with E-state index < -0.39 is 0 Å². The molecule has 0 amide bonds. The number of hydrogen-bond acceptors (Lipinski definition) is 1. The highest BCUT2D eigenvalue weighted by Crippen LogP contribution is 2.49. The molecule has 4 aromatic carbocycles. The summed E-state index contributed by atoms with van der Waals surface area (Å²) in [5, 5.41) is 3.75. The van der Waals surface area contributed by atoms with Crippen molar-refractivity contribution < 1.29 is 0 Å². The van der Waals surface area contributed by atoms with E-state index in [-0.39, 0.29) is 5.41 Å². The molecule has 1 heteroatoms. The van der Waals surface area contributed by atoms with Crippen molar-refractivity contribution in [1.82, 2.24) is 0 Å². The van der Waals surface area contributed by atoms with E-state index >= 15 is 0 Å². The van der Waals surface area contributed by atoms with Crippen LogP contribution in [0.25, 0.3) is 22.3 Å². The van der Waals surface area contributed by atoms with Crippen molar-refractivity contribution in [2.45, 2.75) is 39.0 Å². The van der Waals surface area contributed by atoms with E-state index in [1.54, 1.807) is 0 Å². The van der Waals surface area contributed by atoms with Crippen molar-refractivity contribution in [3.63, 3.8) is 0 Å². The molecular formula is C34H33N. The molecule has 0 saturated heterocycles. The van der Waals surface area contributed by atoms with E-state index in [0.29, 0.717) is 0 Å². The van der Waals surface area contributed by atoms with E-state index in [9.17, 15) is 0 Å². The van der Waals surface area contributed by atoms with Gasteiger partial charge in [0.05, 0.1) is 0 Å². The lowest BCUT2D eigenvalue weighted by atomic mass is 9.82. The normalized spacial score (nSPS) is 13.8. The van der Waals surface area contributed by atoms with E-state index in [0.717, 1.165) is 24.2 Å². The summed E-state index contributed by atoms with van der Waals surface area (Å²) >= 11 is 0. The molecule has 35 heavy (non-hydrogen) atoms. The SMILES string of the molecule is CC/C=C\C=C/Cc1cc(-c2ccccc2)ccc1Nc1ccc2c(c1)C(C)(C)c1ccccc1-2. The molecular weight excluding hydrogens is 422 g/mol. The Morgan fingerprint density at radius 3 is 2.26 bits per heavy atom. The maximum Gasteiger partial charge on any atom is 0.0420 e. The van der Waals surface area contributed by atoms with Crippen LogP contribution in [0.15, 0.2) is 115 Å². The average Bonchev–Trinajstić information content (AvgIpc) is 3.12.